The number of hydrogen-bond acceptors (Lipinski definition) is 2. The van der Waals surface area contributed by atoms with Gasteiger partial charge >= 0.3 is 0 Å². The van der Waals surface area contributed by atoms with Gasteiger partial charge in [0.15, 0.2) is 0 Å². The molecule has 1 atom stereocenters. The van der Waals surface area contributed by atoms with Crippen LogP contribution in [0.4, 0.5) is 0 Å². The molecule has 0 bridgehead atoms. The Bertz CT molecular complexity index is 217. The lowest BCUT2D eigenvalue weighted by molar-refractivity contribution is 0.117. The molecule has 1 N–H and O–H groups in total. The molecule has 0 aromatic rings. The van der Waals surface area contributed by atoms with Crippen molar-refractivity contribution < 1.29 is 0 Å². The van der Waals surface area contributed by atoms with Gasteiger partial charge in [0.05, 0.1) is 0 Å². The smallest absolute Gasteiger partial charge is 0.00799 e. The lowest BCUT2D eigenvalue weighted by Crippen LogP contribution is -2.43. The average molecular weight is 238 g/mol. The van der Waals surface area contributed by atoms with E-state index in [0.717, 1.165) is 6.04 Å². The largest absolute Gasteiger partial charge is 0.313 e. The molecule has 17 heavy (non-hydrogen) atoms. The molecule has 2 heteroatoms. The van der Waals surface area contributed by atoms with Crippen LogP contribution in [0, 0.1) is 5.41 Å². The Hall–Kier alpha value is -0.0800. The van der Waals surface area contributed by atoms with E-state index in [4.69, 9.17) is 0 Å². The van der Waals surface area contributed by atoms with E-state index in [2.05, 4.69) is 24.1 Å². The average Bonchev–Trinajstić information content (AvgIpc) is 2.53. The summed E-state index contributed by atoms with van der Waals surface area (Å²) in [7, 11) is 0. The van der Waals surface area contributed by atoms with Gasteiger partial charge in [-0.2, -0.15) is 0 Å². The second-order valence-electron chi connectivity index (χ2n) is 6.15. The molecule has 1 unspecified atom stereocenters. The van der Waals surface area contributed by atoms with Crippen LogP contribution >= 0.6 is 0 Å². The molecule has 1 aliphatic heterocycles. The predicted octanol–water partition coefficient (Wildman–Crippen LogP) is 3.03. The third-order valence-corrected chi connectivity index (χ3v) is 5.20. The first kappa shape index (κ1) is 13.4. The van der Waals surface area contributed by atoms with E-state index >= 15 is 0 Å². The van der Waals surface area contributed by atoms with Crippen LogP contribution in [0.1, 0.15) is 58.8 Å². The summed E-state index contributed by atoms with van der Waals surface area (Å²) in [5, 5.41) is 3.87. The second kappa shape index (κ2) is 6.19. The lowest BCUT2D eigenvalue weighted by Gasteiger charge is -2.42. The van der Waals surface area contributed by atoms with Crippen LogP contribution in [-0.4, -0.2) is 37.1 Å². The predicted molar refractivity (Wildman–Crippen MR) is 74.3 cm³/mol. The van der Waals surface area contributed by atoms with Crippen molar-refractivity contribution in [2.45, 2.75) is 64.8 Å². The Morgan fingerprint density at radius 3 is 2.53 bits per heavy atom. The van der Waals surface area contributed by atoms with Gasteiger partial charge in [0.1, 0.15) is 0 Å². The first-order valence-electron chi connectivity index (χ1n) is 7.74. The normalized spacial score (nSPS) is 29.6. The molecular formula is C15H30N2. The van der Waals surface area contributed by atoms with E-state index in [-0.39, 0.29) is 0 Å². The van der Waals surface area contributed by atoms with Gasteiger partial charge in [-0.25, -0.2) is 0 Å². The zero-order chi connectivity index (χ0) is 12.1. The van der Waals surface area contributed by atoms with Crippen LogP contribution in [0.2, 0.25) is 0 Å². The molecule has 0 radical (unpaired) electrons. The quantitative estimate of drug-likeness (QED) is 0.792. The summed E-state index contributed by atoms with van der Waals surface area (Å²) < 4.78 is 0. The Balaban J connectivity index is 1.72. The van der Waals surface area contributed by atoms with Gasteiger partial charge in [-0.15, -0.1) is 0 Å². The minimum absolute atomic E-state index is 0.677. The Kier molecular flexibility index (Phi) is 4.87. The van der Waals surface area contributed by atoms with Gasteiger partial charge in [0.2, 0.25) is 0 Å². The zero-order valence-corrected chi connectivity index (χ0v) is 11.8. The topological polar surface area (TPSA) is 15.3 Å². The van der Waals surface area contributed by atoms with Crippen molar-refractivity contribution in [2.75, 3.05) is 26.2 Å². The number of rotatable bonds is 5. The van der Waals surface area contributed by atoms with Gasteiger partial charge in [-0.1, -0.05) is 20.3 Å². The van der Waals surface area contributed by atoms with Crippen molar-refractivity contribution in [1.82, 2.24) is 10.2 Å². The summed E-state index contributed by atoms with van der Waals surface area (Å²) >= 11 is 0. The third kappa shape index (κ3) is 3.45. The molecule has 2 nitrogen and oxygen atoms in total. The minimum Gasteiger partial charge on any atom is -0.313 e. The highest BCUT2D eigenvalue weighted by Crippen LogP contribution is 2.43. The number of hydrogen-bond donors (Lipinski definition) is 1. The van der Waals surface area contributed by atoms with E-state index in [0.29, 0.717) is 5.41 Å². The fourth-order valence-corrected chi connectivity index (χ4v) is 3.37. The van der Waals surface area contributed by atoms with Gasteiger partial charge < -0.3 is 10.2 Å². The van der Waals surface area contributed by atoms with Crippen molar-refractivity contribution in [2.24, 2.45) is 5.41 Å². The summed E-state index contributed by atoms with van der Waals surface area (Å²) in [6.45, 7) is 9.77. The van der Waals surface area contributed by atoms with E-state index in [1.54, 1.807) is 0 Å². The van der Waals surface area contributed by atoms with E-state index in [9.17, 15) is 0 Å². The van der Waals surface area contributed by atoms with Gasteiger partial charge in [0.25, 0.3) is 0 Å². The van der Waals surface area contributed by atoms with Crippen LogP contribution in [0.3, 0.4) is 0 Å². The Morgan fingerprint density at radius 1 is 1.12 bits per heavy atom. The highest BCUT2D eigenvalue weighted by atomic mass is 15.1. The van der Waals surface area contributed by atoms with Crippen LogP contribution in [0.15, 0.2) is 0 Å². The summed E-state index contributed by atoms with van der Waals surface area (Å²) in [6.07, 6.45) is 9.88. The molecule has 1 saturated carbocycles. The van der Waals surface area contributed by atoms with Crippen LogP contribution in [0.5, 0.6) is 0 Å². The van der Waals surface area contributed by atoms with Gasteiger partial charge in [-0.05, 0) is 63.6 Å². The number of nitrogens with zero attached hydrogens (tertiary/aromatic N) is 1. The molecule has 1 heterocycles. The van der Waals surface area contributed by atoms with E-state index < -0.39 is 0 Å². The second-order valence-corrected chi connectivity index (χ2v) is 6.15. The maximum Gasteiger partial charge on any atom is 0.00799 e. The highest BCUT2D eigenvalue weighted by molar-refractivity contribution is 4.89. The molecule has 1 aliphatic carbocycles. The molecule has 1 saturated heterocycles. The zero-order valence-electron chi connectivity index (χ0n) is 11.8. The van der Waals surface area contributed by atoms with Crippen molar-refractivity contribution in [3.63, 3.8) is 0 Å². The van der Waals surface area contributed by atoms with E-state index in [1.807, 2.05) is 0 Å². The Labute approximate surface area is 107 Å². The molecule has 2 aliphatic rings. The van der Waals surface area contributed by atoms with Crippen molar-refractivity contribution >= 4 is 0 Å². The number of likely N-dealkylation sites (tertiary alicyclic amines) is 1. The fourth-order valence-electron chi connectivity index (χ4n) is 3.37. The van der Waals surface area contributed by atoms with E-state index in [1.165, 1.54) is 71.1 Å². The monoisotopic (exact) mass is 238 g/mol. The Morgan fingerprint density at radius 2 is 1.94 bits per heavy atom. The maximum absolute atomic E-state index is 3.87. The summed E-state index contributed by atoms with van der Waals surface area (Å²) in [5.41, 5.74) is 0.677. The molecule has 2 rings (SSSR count). The van der Waals surface area contributed by atoms with Crippen molar-refractivity contribution in [1.29, 1.82) is 0 Å². The molecule has 0 aromatic carbocycles. The summed E-state index contributed by atoms with van der Waals surface area (Å²) in [4.78, 5) is 2.60. The fraction of sp³-hybridized carbons (Fsp3) is 1.00. The van der Waals surface area contributed by atoms with Crippen molar-refractivity contribution in [3.05, 3.63) is 0 Å². The lowest BCUT2D eigenvalue weighted by atomic mass is 9.67. The molecule has 0 amide bonds. The van der Waals surface area contributed by atoms with Gasteiger partial charge in [-0.3, -0.25) is 0 Å². The maximum atomic E-state index is 3.87. The molecule has 0 aromatic heterocycles. The van der Waals surface area contributed by atoms with Crippen molar-refractivity contribution in [3.8, 4) is 0 Å². The van der Waals surface area contributed by atoms with Gasteiger partial charge in [0, 0.05) is 12.6 Å². The standard InChI is InChI=1S/C15H30N2/c1-3-15(9-6-10-15)13-16-14-7-5-11-17(4-2)12-8-14/h14,16H,3-13H2,1-2H3. The first-order chi connectivity index (χ1) is 8.28. The highest BCUT2D eigenvalue weighted by Gasteiger charge is 2.35. The minimum atomic E-state index is 0.677. The molecule has 0 spiro atoms. The van der Waals surface area contributed by atoms with Crippen LogP contribution in [0.25, 0.3) is 0 Å². The SMILES string of the molecule is CCN1CCCC(NCC2(CC)CCC2)CC1. The first-order valence-corrected chi connectivity index (χ1v) is 7.74. The summed E-state index contributed by atoms with van der Waals surface area (Å²) in [6, 6.07) is 0.788. The molecule has 100 valence electrons. The number of nitrogens with one attached hydrogen (secondary N) is 1. The van der Waals surface area contributed by atoms with Crippen LogP contribution in [-0.2, 0) is 0 Å². The molecular weight excluding hydrogens is 208 g/mol. The third-order valence-electron chi connectivity index (χ3n) is 5.20. The summed E-state index contributed by atoms with van der Waals surface area (Å²) in [5.74, 6) is 0. The van der Waals surface area contributed by atoms with Crippen LogP contribution < -0.4 is 5.32 Å². The molecule has 2 fully saturated rings.